The van der Waals surface area contributed by atoms with Crippen molar-refractivity contribution in [1.82, 2.24) is 0 Å². The first-order chi connectivity index (χ1) is 7.40. The highest BCUT2D eigenvalue weighted by Gasteiger charge is 2.25. The third kappa shape index (κ3) is 4.97. The van der Waals surface area contributed by atoms with Gasteiger partial charge in [0.1, 0.15) is 5.60 Å². The van der Waals surface area contributed by atoms with Gasteiger partial charge >= 0.3 is 5.97 Å². The van der Waals surface area contributed by atoms with Gasteiger partial charge in [0.25, 0.3) is 0 Å². The van der Waals surface area contributed by atoms with E-state index in [0.717, 1.165) is 25.7 Å². The number of hydrogen-bond donors (Lipinski definition) is 1. The van der Waals surface area contributed by atoms with Crippen molar-refractivity contribution < 1.29 is 14.6 Å². The normalized spacial score (nSPS) is 26.5. The van der Waals surface area contributed by atoms with E-state index < -0.39 is 0 Å². The largest absolute Gasteiger partial charge is 0.460 e. The summed E-state index contributed by atoms with van der Waals surface area (Å²) in [5, 5.41) is 9.02. The van der Waals surface area contributed by atoms with Crippen molar-refractivity contribution >= 4 is 5.97 Å². The zero-order valence-corrected chi connectivity index (χ0v) is 10.7. The van der Waals surface area contributed by atoms with Crippen LogP contribution in [0.25, 0.3) is 0 Å². The van der Waals surface area contributed by atoms with Gasteiger partial charge in [-0.15, -0.1) is 0 Å². The van der Waals surface area contributed by atoms with Crippen molar-refractivity contribution in [1.29, 1.82) is 0 Å². The van der Waals surface area contributed by atoms with Gasteiger partial charge in [0.15, 0.2) is 0 Å². The van der Waals surface area contributed by atoms with Crippen molar-refractivity contribution in [3.05, 3.63) is 0 Å². The molecule has 0 radical (unpaired) electrons. The third-order valence-electron chi connectivity index (χ3n) is 3.10. The summed E-state index contributed by atoms with van der Waals surface area (Å²) < 4.78 is 5.31. The number of rotatable bonds is 3. The van der Waals surface area contributed by atoms with E-state index in [4.69, 9.17) is 9.84 Å². The van der Waals surface area contributed by atoms with Crippen LogP contribution in [0.5, 0.6) is 0 Å². The number of esters is 1. The molecule has 0 amide bonds. The van der Waals surface area contributed by atoms with Gasteiger partial charge in [0.05, 0.1) is 0 Å². The van der Waals surface area contributed by atoms with Gasteiger partial charge in [-0.3, -0.25) is 4.79 Å². The molecule has 1 aliphatic carbocycles. The first kappa shape index (κ1) is 13.5. The molecule has 94 valence electrons. The lowest BCUT2D eigenvalue weighted by Crippen LogP contribution is -2.26. The molecule has 1 rings (SSSR count). The van der Waals surface area contributed by atoms with E-state index in [1.807, 2.05) is 20.8 Å². The summed E-state index contributed by atoms with van der Waals surface area (Å²) in [5.74, 6) is 0.826. The fraction of sp³-hybridized carbons (Fsp3) is 0.923. The molecule has 0 aromatic heterocycles. The Morgan fingerprint density at radius 1 is 1.19 bits per heavy atom. The van der Waals surface area contributed by atoms with E-state index in [1.165, 1.54) is 0 Å². The van der Waals surface area contributed by atoms with Crippen LogP contribution in [0.15, 0.2) is 0 Å². The van der Waals surface area contributed by atoms with Crippen LogP contribution >= 0.6 is 0 Å². The van der Waals surface area contributed by atoms with Crippen LogP contribution in [0.3, 0.4) is 0 Å². The zero-order chi connectivity index (χ0) is 12.2. The highest BCUT2D eigenvalue weighted by atomic mass is 16.6. The van der Waals surface area contributed by atoms with Crippen LogP contribution in [0.4, 0.5) is 0 Å². The Morgan fingerprint density at radius 3 is 2.12 bits per heavy atom. The zero-order valence-electron chi connectivity index (χ0n) is 10.7. The summed E-state index contributed by atoms with van der Waals surface area (Å²) in [6.07, 6.45) is 4.72. The minimum atomic E-state index is -0.376. The number of carbonyl (C=O) groups is 1. The Balaban J connectivity index is 2.26. The molecular weight excluding hydrogens is 204 g/mol. The SMILES string of the molecule is CC(C)(C)OC(=O)CC1CCC(CO)CC1. The lowest BCUT2D eigenvalue weighted by molar-refractivity contribution is -0.156. The van der Waals surface area contributed by atoms with Crippen LogP contribution in [0.1, 0.15) is 52.9 Å². The molecule has 1 N–H and O–H groups in total. The van der Waals surface area contributed by atoms with Gasteiger partial charge in [0, 0.05) is 13.0 Å². The second-order valence-electron chi connectivity index (χ2n) is 5.86. The summed E-state index contributed by atoms with van der Waals surface area (Å²) >= 11 is 0. The number of aliphatic hydroxyl groups excluding tert-OH is 1. The van der Waals surface area contributed by atoms with Crippen molar-refractivity contribution in [2.24, 2.45) is 11.8 Å². The maximum Gasteiger partial charge on any atom is 0.306 e. The second kappa shape index (κ2) is 5.67. The summed E-state index contributed by atoms with van der Waals surface area (Å²) in [6.45, 7) is 5.98. The standard InChI is InChI=1S/C13H24O3/c1-13(2,3)16-12(15)8-10-4-6-11(9-14)7-5-10/h10-11,14H,4-9H2,1-3H3. The number of aliphatic hydroxyl groups is 1. The van der Waals surface area contributed by atoms with Crippen molar-refractivity contribution in [3.8, 4) is 0 Å². The lowest BCUT2D eigenvalue weighted by Gasteiger charge is -2.28. The fourth-order valence-corrected chi connectivity index (χ4v) is 2.24. The van der Waals surface area contributed by atoms with Gasteiger partial charge in [0.2, 0.25) is 0 Å². The third-order valence-corrected chi connectivity index (χ3v) is 3.10. The molecule has 0 heterocycles. The van der Waals surface area contributed by atoms with E-state index in [-0.39, 0.29) is 11.6 Å². The van der Waals surface area contributed by atoms with Crippen LogP contribution in [0.2, 0.25) is 0 Å². The first-order valence-corrected chi connectivity index (χ1v) is 6.23. The van der Waals surface area contributed by atoms with Gasteiger partial charge in [-0.05, 0) is 58.3 Å². The Kier molecular flexibility index (Phi) is 4.78. The molecule has 1 aliphatic rings. The van der Waals surface area contributed by atoms with E-state index >= 15 is 0 Å². The predicted molar refractivity (Wildman–Crippen MR) is 63.0 cm³/mol. The molecule has 0 aliphatic heterocycles. The molecule has 0 saturated heterocycles. The Hall–Kier alpha value is -0.570. The average Bonchev–Trinajstić information content (AvgIpc) is 2.16. The molecule has 1 saturated carbocycles. The topological polar surface area (TPSA) is 46.5 Å². The molecular formula is C13H24O3. The van der Waals surface area contributed by atoms with Gasteiger partial charge in [-0.2, -0.15) is 0 Å². The van der Waals surface area contributed by atoms with E-state index in [0.29, 0.717) is 24.9 Å². The van der Waals surface area contributed by atoms with Crippen molar-refractivity contribution in [3.63, 3.8) is 0 Å². The Bertz CT molecular complexity index is 222. The van der Waals surface area contributed by atoms with Gasteiger partial charge in [-0.1, -0.05) is 0 Å². The molecule has 3 nitrogen and oxygen atoms in total. The van der Waals surface area contributed by atoms with Crippen molar-refractivity contribution in [2.45, 2.75) is 58.5 Å². The molecule has 16 heavy (non-hydrogen) atoms. The van der Waals surface area contributed by atoms with Crippen LogP contribution < -0.4 is 0 Å². The van der Waals surface area contributed by atoms with E-state index in [1.54, 1.807) is 0 Å². The molecule has 0 spiro atoms. The lowest BCUT2D eigenvalue weighted by atomic mass is 9.81. The summed E-state index contributed by atoms with van der Waals surface area (Å²) in [7, 11) is 0. The second-order valence-corrected chi connectivity index (χ2v) is 5.86. The summed E-state index contributed by atoms with van der Waals surface area (Å²) in [4.78, 5) is 11.6. The smallest absolute Gasteiger partial charge is 0.306 e. The molecule has 1 fully saturated rings. The summed E-state index contributed by atoms with van der Waals surface area (Å²) in [6, 6.07) is 0. The molecule has 0 unspecified atom stereocenters. The highest BCUT2D eigenvalue weighted by Crippen LogP contribution is 2.31. The fourth-order valence-electron chi connectivity index (χ4n) is 2.24. The van der Waals surface area contributed by atoms with Crippen LogP contribution in [-0.2, 0) is 9.53 Å². The van der Waals surface area contributed by atoms with Gasteiger partial charge < -0.3 is 9.84 Å². The van der Waals surface area contributed by atoms with Crippen molar-refractivity contribution in [2.75, 3.05) is 6.61 Å². The monoisotopic (exact) mass is 228 g/mol. The molecule has 0 bridgehead atoms. The number of hydrogen-bond acceptors (Lipinski definition) is 3. The quantitative estimate of drug-likeness (QED) is 0.755. The van der Waals surface area contributed by atoms with E-state index in [2.05, 4.69) is 0 Å². The highest BCUT2D eigenvalue weighted by molar-refractivity contribution is 5.70. The van der Waals surface area contributed by atoms with E-state index in [9.17, 15) is 4.79 Å². The molecule has 0 aromatic rings. The Labute approximate surface area is 98.2 Å². The number of carbonyl (C=O) groups excluding carboxylic acids is 1. The minimum absolute atomic E-state index is 0.0834. The predicted octanol–water partition coefficient (Wildman–Crippen LogP) is 2.52. The molecule has 0 atom stereocenters. The van der Waals surface area contributed by atoms with Crippen LogP contribution in [0, 0.1) is 11.8 Å². The van der Waals surface area contributed by atoms with Crippen LogP contribution in [-0.4, -0.2) is 23.3 Å². The average molecular weight is 228 g/mol. The molecule has 0 aromatic carbocycles. The number of ether oxygens (including phenoxy) is 1. The maximum absolute atomic E-state index is 11.6. The van der Waals surface area contributed by atoms with Gasteiger partial charge in [-0.25, -0.2) is 0 Å². The minimum Gasteiger partial charge on any atom is -0.460 e. The summed E-state index contributed by atoms with van der Waals surface area (Å²) in [5.41, 5.74) is -0.376. The first-order valence-electron chi connectivity index (χ1n) is 6.23. The maximum atomic E-state index is 11.6. The molecule has 3 heteroatoms. The Morgan fingerprint density at radius 2 is 1.69 bits per heavy atom.